The molecule has 4 heteroatoms. The average Bonchev–Trinajstić information content (AvgIpc) is 2.46. The van der Waals surface area contributed by atoms with Gasteiger partial charge in [-0.3, -0.25) is 4.79 Å². The molecule has 0 aliphatic rings. The topological polar surface area (TPSA) is 41.1 Å². The lowest BCUT2D eigenvalue weighted by Gasteiger charge is -2.14. The number of benzene rings is 2. The number of hydrogen-bond donors (Lipinski definition) is 2. The first kappa shape index (κ1) is 15.5. The van der Waals surface area contributed by atoms with Crippen LogP contribution in [0.2, 0.25) is 5.02 Å². The highest BCUT2D eigenvalue weighted by Gasteiger charge is 2.07. The van der Waals surface area contributed by atoms with Gasteiger partial charge in [0, 0.05) is 16.8 Å². The van der Waals surface area contributed by atoms with Crippen LogP contribution in [0.5, 0.6) is 0 Å². The van der Waals surface area contributed by atoms with Gasteiger partial charge in [0.2, 0.25) is 5.91 Å². The largest absolute Gasteiger partial charge is 0.325 e. The van der Waals surface area contributed by atoms with Crippen LogP contribution in [0.25, 0.3) is 0 Å². The molecule has 0 fully saturated rings. The van der Waals surface area contributed by atoms with Crippen LogP contribution in [0, 0.1) is 0 Å². The lowest BCUT2D eigenvalue weighted by molar-refractivity contribution is -0.115. The van der Waals surface area contributed by atoms with Gasteiger partial charge in [-0.05, 0) is 37.1 Å². The van der Waals surface area contributed by atoms with Gasteiger partial charge in [-0.15, -0.1) is 0 Å². The first-order chi connectivity index (χ1) is 10.1. The van der Waals surface area contributed by atoms with Crippen molar-refractivity contribution in [1.29, 1.82) is 0 Å². The Morgan fingerprint density at radius 2 is 1.90 bits per heavy atom. The summed E-state index contributed by atoms with van der Waals surface area (Å²) in [5.41, 5.74) is 1.97. The minimum Gasteiger partial charge on any atom is -0.325 e. The van der Waals surface area contributed by atoms with E-state index in [0.29, 0.717) is 10.7 Å². The van der Waals surface area contributed by atoms with Crippen molar-refractivity contribution < 1.29 is 4.79 Å². The monoisotopic (exact) mass is 302 g/mol. The number of amides is 1. The van der Waals surface area contributed by atoms with E-state index in [2.05, 4.69) is 29.7 Å². The highest BCUT2D eigenvalue weighted by molar-refractivity contribution is 6.30. The van der Waals surface area contributed by atoms with E-state index in [1.54, 1.807) is 12.1 Å². The molecule has 0 heterocycles. The predicted molar refractivity (Wildman–Crippen MR) is 87.7 cm³/mol. The summed E-state index contributed by atoms with van der Waals surface area (Å²) in [4.78, 5) is 11.9. The minimum atomic E-state index is -0.0721. The van der Waals surface area contributed by atoms with Crippen LogP contribution >= 0.6 is 11.6 Å². The SMILES string of the molecule is CC(Cc1ccccc1)NCC(=O)Nc1cccc(Cl)c1. The number of carbonyl (C=O) groups is 1. The van der Waals surface area contributed by atoms with Crippen molar-refractivity contribution in [2.24, 2.45) is 0 Å². The molecule has 1 amide bonds. The summed E-state index contributed by atoms with van der Waals surface area (Å²) in [6, 6.07) is 17.6. The van der Waals surface area contributed by atoms with Crippen LogP contribution in [0.1, 0.15) is 12.5 Å². The minimum absolute atomic E-state index is 0.0721. The smallest absolute Gasteiger partial charge is 0.238 e. The Balaban J connectivity index is 1.76. The molecule has 1 atom stereocenters. The number of anilines is 1. The van der Waals surface area contributed by atoms with Gasteiger partial charge in [-0.2, -0.15) is 0 Å². The quantitative estimate of drug-likeness (QED) is 0.857. The van der Waals surface area contributed by atoms with E-state index < -0.39 is 0 Å². The normalized spacial score (nSPS) is 11.9. The molecule has 0 saturated carbocycles. The standard InChI is InChI=1S/C17H19ClN2O/c1-13(10-14-6-3-2-4-7-14)19-12-17(21)20-16-9-5-8-15(18)11-16/h2-9,11,13,19H,10,12H2,1H3,(H,20,21). The van der Waals surface area contributed by atoms with Gasteiger partial charge < -0.3 is 10.6 Å². The summed E-state index contributed by atoms with van der Waals surface area (Å²) >= 11 is 5.88. The van der Waals surface area contributed by atoms with Gasteiger partial charge >= 0.3 is 0 Å². The summed E-state index contributed by atoms with van der Waals surface area (Å²) in [7, 11) is 0. The maximum Gasteiger partial charge on any atom is 0.238 e. The molecule has 0 saturated heterocycles. The zero-order valence-corrected chi connectivity index (χ0v) is 12.7. The molecule has 0 aliphatic carbocycles. The molecule has 3 nitrogen and oxygen atoms in total. The highest BCUT2D eigenvalue weighted by atomic mass is 35.5. The molecule has 0 aromatic heterocycles. The fourth-order valence-electron chi connectivity index (χ4n) is 2.08. The molecule has 0 aliphatic heterocycles. The molecular formula is C17H19ClN2O. The van der Waals surface area contributed by atoms with Gasteiger partial charge in [-0.1, -0.05) is 48.0 Å². The number of hydrogen-bond acceptors (Lipinski definition) is 2. The van der Waals surface area contributed by atoms with Crippen molar-refractivity contribution in [1.82, 2.24) is 5.32 Å². The molecule has 2 aromatic carbocycles. The first-order valence-electron chi connectivity index (χ1n) is 6.96. The maximum atomic E-state index is 11.9. The molecule has 2 N–H and O–H groups in total. The summed E-state index contributed by atoms with van der Waals surface area (Å²) in [6.45, 7) is 2.35. The van der Waals surface area contributed by atoms with Crippen LogP contribution < -0.4 is 10.6 Å². The molecule has 2 rings (SSSR count). The second-order valence-corrected chi connectivity index (χ2v) is 5.47. The third kappa shape index (κ3) is 5.58. The Morgan fingerprint density at radius 1 is 1.14 bits per heavy atom. The van der Waals surface area contributed by atoms with Gasteiger partial charge in [0.1, 0.15) is 0 Å². The Bertz CT molecular complexity index is 586. The number of halogens is 1. The third-order valence-corrected chi connectivity index (χ3v) is 3.34. The van der Waals surface area contributed by atoms with Crippen molar-refractivity contribution >= 4 is 23.2 Å². The predicted octanol–water partition coefficient (Wildman–Crippen LogP) is 3.50. The van der Waals surface area contributed by atoms with Crippen LogP contribution in [-0.2, 0) is 11.2 Å². The molecule has 110 valence electrons. The lowest BCUT2D eigenvalue weighted by Crippen LogP contribution is -2.35. The van der Waals surface area contributed by atoms with E-state index >= 15 is 0 Å². The van der Waals surface area contributed by atoms with Crippen molar-refractivity contribution in [3.63, 3.8) is 0 Å². The summed E-state index contributed by atoms with van der Waals surface area (Å²) < 4.78 is 0. The fraction of sp³-hybridized carbons (Fsp3) is 0.235. The average molecular weight is 303 g/mol. The van der Waals surface area contributed by atoms with E-state index in [4.69, 9.17) is 11.6 Å². The van der Waals surface area contributed by atoms with E-state index in [-0.39, 0.29) is 18.5 Å². The molecule has 0 bridgehead atoms. The zero-order chi connectivity index (χ0) is 15.1. The van der Waals surface area contributed by atoms with Crippen LogP contribution in [0.3, 0.4) is 0 Å². The second kappa shape index (κ2) is 7.81. The van der Waals surface area contributed by atoms with Crippen molar-refractivity contribution in [3.05, 3.63) is 65.2 Å². The maximum absolute atomic E-state index is 11.9. The number of nitrogens with one attached hydrogen (secondary N) is 2. The Morgan fingerprint density at radius 3 is 2.62 bits per heavy atom. The summed E-state index contributed by atoms with van der Waals surface area (Å²) in [5, 5.41) is 6.65. The Kier molecular flexibility index (Phi) is 5.78. The molecule has 1 unspecified atom stereocenters. The molecule has 21 heavy (non-hydrogen) atoms. The molecule has 0 radical (unpaired) electrons. The van der Waals surface area contributed by atoms with E-state index in [0.717, 1.165) is 6.42 Å². The number of rotatable bonds is 6. The number of carbonyl (C=O) groups excluding carboxylic acids is 1. The van der Waals surface area contributed by atoms with E-state index in [1.807, 2.05) is 30.3 Å². The van der Waals surface area contributed by atoms with E-state index in [1.165, 1.54) is 5.56 Å². The Labute approximate surface area is 130 Å². The first-order valence-corrected chi connectivity index (χ1v) is 7.34. The van der Waals surface area contributed by atoms with Crippen molar-refractivity contribution in [3.8, 4) is 0 Å². The van der Waals surface area contributed by atoms with Crippen LogP contribution in [0.4, 0.5) is 5.69 Å². The Hall–Kier alpha value is -1.84. The van der Waals surface area contributed by atoms with Crippen LogP contribution in [-0.4, -0.2) is 18.5 Å². The van der Waals surface area contributed by atoms with Gasteiger partial charge in [0.25, 0.3) is 0 Å². The van der Waals surface area contributed by atoms with Gasteiger partial charge in [0.05, 0.1) is 6.54 Å². The fourth-order valence-corrected chi connectivity index (χ4v) is 2.27. The second-order valence-electron chi connectivity index (χ2n) is 5.03. The molecule has 2 aromatic rings. The lowest BCUT2D eigenvalue weighted by atomic mass is 10.1. The van der Waals surface area contributed by atoms with Gasteiger partial charge in [-0.25, -0.2) is 0 Å². The highest BCUT2D eigenvalue weighted by Crippen LogP contribution is 2.14. The molecular weight excluding hydrogens is 284 g/mol. The summed E-state index contributed by atoms with van der Waals surface area (Å²) in [6.07, 6.45) is 0.894. The zero-order valence-electron chi connectivity index (χ0n) is 12.0. The van der Waals surface area contributed by atoms with Gasteiger partial charge in [0.15, 0.2) is 0 Å². The summed E-state index contributed by atoms with van der Waals surface area (Å²) in [5.74, 6) is -0.0721. The van der Waals surface area contributed by atoms with Crippen molar-refractivity contribution in [2.75, 3.05) is 11.9 Å². The van der Waals surface area contributed by atoms with E-state index in [9.17, 15) is 4.79 Å². The molecule has 0 spiro atoms. The third-order valence-electron chi connectivity index (χ3n) is 3.10. The van der Waals surface area contributed by atoms with Crippen LogP contribution in [0.15, 0.2) is 54.6 Å². The van der Waals surface area contributed by atoms with Crippen molar-refractivity contribution in [2.45, 2.75) is 19.4 Å².